The molecular weight excluding hydrogens is 423 g/mol. The fourth-order valence-electron chi connectivity index (χ4n) is 3.35. The number of nitrogens with one attached hydrogen (secondary N) is 2. The van der Waals surface area contributed by atoms with Crippen molar-refractivity contribution >= 4 is 21.8 Å². The Labute approximate surface area is 182 Å². The predicted molar refractivity (Wildman–Crippen MR) is 114 cm³/mol. The number of halogens is 1. The van der Waals surface area contributed by atoms with Gasteiger partial charge in [-0.25, -0.2) is 17.5 Å². The first-order chi connectivity index (χ1) is 14.7. The molecule has 1 unspecified atom stereocenters. The monoisotopic (exact) mass is 452 g/mol. The highest BCUT2D eigenvalue weighted by Gasteiger charge is 2.25. The van der Waals surface area contributed by atoms with E-state index in [1.165, 1.54) is 6.07 Å². The molecule has 1 saturated carbocycles. The van der Waals surface area contributed by atoms with Gasteiger partial charge in [0.2, 0.25) is 21.8 Å². The Morgan fingerprint density at radius 2 is 2.03 bits per heavy atom. The summed E-state index contributed by atoms with van der Waals surface area (Å²) in [6.45, 7) is 2.18. The molecule has 1 saturated heterocycles. The fourth-order valence-corrected chi connectivity index (χ4v) is 4.59. The van der Waals surface area contributed by atoms with E-state index in [1.54, 1.807) is 31.2 Å². The largest absolute Gasteiger partial charge is 0.490 e. The van der Waals surface area contributed by atoms with Crippen LogP contribution in [0.4, 0.5) is 4.39 Å². The molecule has 2 aliphatic rings. The second-order valence-corrected chi connectivity index (χ2v) is 10.1. The van der Waals surface area contributed by atoms with E-state index in [9.17, 15) is 22.4 Å². The molecule has 1 aromatic rings. The number of rotatable bonds is 11. The van der Waals surface area contributed by atoms with Crippen LogP contribution in [0.2, 0.25) is 0 Å². The number of hydrogen-bond donors (Lipinski definition) is 2. The van der Waals surface area contributed by atoms with E-state index in [1.807, 2.05) is 0 Å². The summed E-state index contributed by atoms with van der Waals surface area (Å²) in [4.78, 5) is 22.8. The van der Waals surface area contributed by atoms with Crippen LogP contribution in [-0.4, -0.2) is 32.6 Å². The molecule has 3 rings (SSSR count). The minimum Gasteiger partial charge on any atom is -0.490 e. The fraction of sp³-hybridized carbons (Fsp3) is 0.545. The van der Waals surface area contributed by atoms with Gasteiger partial charge < -0.3 is 4.74 Å². The summed E-state index contributed by atoms with van der Waals surface area (Å²) in [5.41, 5.74) is 0.629. The molecular formula is C22H29FN2O5S. The van der Waals surface area contributed by atoms with Crippen LogP contribution in [0.1, 0.15) is 57.1 Å². The van der Waals surface area contributed by atoms with Crippen LogP contribution in [0.3, 0.4) is 0 Å². The first-order valence-corrected chi connectivity index (χ1v) is 12.3. The average molecular weight is 453 g/mol. The minimum atomic E-state index is -3.55. The van der Waals surface area contributed by atoms with Crippen LogP contribution in [0, 0.1) is 17.7 Å². The Bertz CT molecular complexity index is 943. The second kappa shape index (κ2) is 10.4. The zero-order chi connectivity index (χ0) is 22.4. The van der Waals surface area contributed by atoms with Crippen molar-refractivity contribution in [1.82, 2.24) is 10.0 Å². The summed E-state index contributed by atoms with van der Waals surface area (Å²) >= 11 is 0. The minimum absolute atomic E-state index is 0.102. The maximum absolute atomic E-state index is 13.9. The van der Waals surface area contributed by atoms with Crippen LogP contribution in [-0.2, 0) is 19.6 Å². The van der Waals surface area contributed by atoms with Crippen molar-refractivity contribution in [1.29, 1.82) is 0 Å². The molecule has 0 spiro atoms. The number of benzene rings is 1. The molecule has 0 bridgehead atoms. The van der Waals surface area contributed by atoms with Gasteiger partial charge in [0.1, 0.15) is 0 Å². The highest BCUT2D eigenvalue weighted by Crippen LogP contribution is 2.31. The van der Waals surface area contributed by atoms with Gasteiger partial charge in [0, 0.05) is 18.4 Å². The summed E-state index contributed by atoms with van der Waals surface area (Å²) < 4.78 is 46.9. The number of ether oxygens (including phenoxy) is 1. The summed E-state index contributed by atoms with van der Waals surface area (Å²) in [7, 11) is -3.55. The molecule has 2 amide bonds. The van der Waals surface area contributed by atoms with Crippen LogP contribution in [0.25, 0.3) is 0 Å². The Kier molecular flexibility index (Phi) is 7.83. The van der Waals surface area contributed by atoms with Crippen molar-refractivity contribution in [2.45, 2.75) is 51.5 Å². The standard InChI is InChI=1S/C22H29FN2O5S/c1-15(18-8-10-19(23)20(13-18)30-14-16-6-7-16)25-31(28,29)12-4-2-3-5-17-9-11-21(26)24-22(17)27/h2-3,8,10,13,15-17,25H,4-7,9,11-12,14H2,1H3,(H,24,26,27)/b3-2+/t15-,17?/m1/s1. The molecule has 9 heteroatoms. The lowest BCUT2D eigenvalue weighted by Crippen LogP contribution is -2.40. The van der Waals surface area contributed by atoms with Gasteiger partial charge in [0.05, 0.1) is 12.4 Å². The van der Waals surface area contributed by atoms with Crippen LogP contribution >= 0.6 is 0 Å². The van der Waals surface area contributed by atoms with Gasteiger partial charge in [-0.1, -0.05) is 18.2 Å². The molecule has 0 aromatic heterocycles. The van der Waals surface area contributed by atoms with Gasteiger partial charge in [-0.05, 0) is 62.6 Å². The SMILES string of the molecule is C[C@@H](NS(=O)(=O)CC/C=C/CC1CCC(=O)NC1=O)c1ccc(F)c(OCC2CC2)c1. The molecule has 1 aliphatic carbocycles. The highest BCUT2D eigenvalue weighted by atomic mass is 32.2. The molecule has 7 nitrogen and oxygen atoms in total. The van der Waals surface area contributed by atoms with E-state index in [0.717, 1.165) is 12.8 Å². The molecule has 2 N–H and O–H groups in total. The van der Waals surface area contributed by atoms with Crippen molar-refractivity contribution in [2.24, 2.45) is 11.8 Å². The van der Waals surface area contributed by atoms with Crippen LogP contribution in [0.15, 0.2) is 30.4 Å². The van der Waals surface area contributed by atoms with Gasteiger partial charge in [0.15, 0.2) is 11.6 Å². The first kappa shape index (κ1) is 23.4. The predicted octanol–water partition coefficient (Wildman–Crippen LogP) is 2.98. The van der Waals surface area contributed by atoms with Crippen LogP contribution in [0.5, 0.6) is 5.75 Å². The maximum atomic E-state index is 13.9. The van der Waals surface area contributed by atoms with Gasteiger partial charge in [-0.15, -0.1) is 0 Å². The molecule has 0 radical (unpaired) electrons. The summed E-state index contributed by atoms with van der Waals surface area (Å²) in [5.74, 6) is -0.703. The third kappa shape index (κ3) is 7.43. The smallest absolute Gasteiger partial charge is 0.229 e. The molecule has 170 valence electrons. The molecule has 1 heterocycles. The summed E-state index contributed by atoms with van der Waals surface area (Å²) in [5, 5.41) is 2.31. The van der Waals surface area contributed by atoms with E-state index < -0.39 is 21.9 Å². The quantitative estimate of drug-likeness (QED) is 0.397. The molecule has 2 atom stereocenters. The lowest BCUT2D eigenvalue weighted by atomic mass is 9.95. The molecule has 2 fully saturated rings. The van der Waals surface area contributed by atoms with Crippen molar-refractivity contribution in [3.05, 3.63) is 41.7 Å². The Morgan fingerprint density at radius 1 is 1.26 bits per heavy atom. The lowest BCUT2D eigenvalue weighted by molar-refractivity contribution is -0.136. The van der Waals surface area contributed by atoms with Crippen molar-refractivity contribution in [3.8, 4) is 5.75 Å². The number of hydrogen-bond acceptors (Lipinski definition) is 5. The zero-order valence-electron chi connectivity index (χ0n) is 17.6. The normalized spacial score (nSPS) is 20.6. The van der Waals surface area contributed by atoms with Gasteiger partial charge in [-0.3, -0.25) is 14.9 Å². The van der Waals surface area contributed by atoms with E-state index >= 15 is 0 Å². The summed E-state index contributed by atoms with van der Waals surface area (Å²) in [6, 6.07) is 3.86. The molecule has 1 aromatic carbocycles. The number of carbonyl (C=O) groups excluding carboxylic acids is 2. The van der Waals surface area contributed by atoms with Gasteiger partial charge in [0.25, 0.3) is 0 Å². The zero-order valence-corrected chi connectivity index (χ0v) is 18.4. The number of carbonyl (C=O) groups is 2. The van der Waals surface area contributed by atoms with Gasteiger partial charge in [-0.2, -0.15) is 0 Å². The average Bonchev–Trinajstić information content (AvgIpc) is 3.52. The third-order valence-corrected chi connectivity index (χ3v) is 6.96. The summed E-state index contributed by atoms with van der Waals surface area (Å²) in [6.07, 6.45) is 7.32. The van der Waals surface area contributed by atoms with Crippen molar-refractivity contribution in [3.63, 3.8) is 0 Å². The number of sulfonamides is 1. The van der Waals surface area contributed by atoms with E-state index in [-0.39, 0.29) is 29.2 Å². The van der Waals surface area contributed by atoms with E-state index in [2.05, 4.69) is 10.0 Å². The Balaban J connectivity index is 1.45. The second-order valence-electron chi connectivity index (χ2n) is 8.25. The van der Waals surface area contributed by atoms with Crippen molar-refractivity contribution in [2.75, 3.05) is 12.4 Å². The van der Waals surface area contributed by atoms with Crippen molar-refractivity contribution < 1.29 is 27.1 Å². The Morgan fingerprint density at radius 3 is 2.74 bits per heavy atom. The molecule has 31 heavy (non-hydrogen) atoms. The molecule has 1 aliphatic heterocycles. The number of allylic oxidation sites excluding steroid dienone is 2. The van der Waals surface area contributed by atoms with Gasteiger partial charge >= 0.3 is 0 Å². The van der Waals surface area contributed by atoms with E-state index in [0.29, 0.717) is 43.8 Å². The van der Waals surface area contributed by atoms with Crippen LogP contribution < -0.4 is 14.8 Å². The van der Waals surface area contributed by atoms with E-state index in [4.69, 9.17) is 4.74 Å². The first-order valence-electron chi connectivity index (χ1n) is 10.6. The number of amides is 2. The Hall–Kier alpha value is -2.26. The third-order valence-electron chi connectivity index (χ3n) is 5.48. The highest BCUT2D eigenvalue weighted by molar-refractivity contribution is 7.89. The number of piperidine rings is 1. The topological polar surface area (TPSA) is 102 Å². The maximum Gasteiger partial charge on any atom is 0.229 e. The lowest BCUT2D eigenvalue weighted by Gasteiger charge is -2.19. The number of imide groups is 1.